The topological polar surface area (TPSA) is 3.24 Å². The van der Waals surface area contributed by atoms with Gasteiger partial charge in [-0.25, -0.2) is 0 Å². The van der Waals surface area contributed by atoms with E-state index in [1.807, 2.05) is 11.3 Å². The van der Waals surface area contributed by atoms with Crippen LogP contribution in [0.3, 0.4) is 0 Å². The van der Waals surface area contributed by atoms with Crippen molar-refractivity contribution >= 4 is 70.1 Å². The maximum absolute atomic E-state index is 2.46. The second kappa shape index (κ2) is 12.7. The van der Waals surface area contributed by atoms with Crippen molar-refractivity contribution in [3.63, 3.8) is 0 Å². The van der Waals surface area contributed by atoms with Gasteiger partial charge in [0, 0.05) is 31.4 Å². The van der Waals surface area contributed by atoms with Crippen molar-refractivity contribution in [3.05, 3.63) is 200 Å². The fraction of sp³-hybridized carbons (Fsp3) is 0. The largest absolute Gasteiger partial charge is 0.309 e. The second-order valence-corrected chi connectivity index (χ2v) is 14.4. The fourth-order valence-electron chi connectivity index (χ4n) is 7.68. The first-order valence-electron chi connectivity index (χ1n) is 17.8. The average molecular weight is 680 g/mol. The predicted molar refractivity (Wildman–Crippen MR) is 225 cm³/mol. The smallest absolute Gasteiger partial charge is 0.0555 e. The molecule has 10 rings (SSSR count). The monoisotopic (exact) mass is 679 g/mol. The van der Waals surface area contributed by atoms with Crippen LogP contribution in [0.2, 0.25) is 0 Å². The van der Waals surface area contributed by atoms with Crippen LogP contribution < -0.4 is 4.90 Å². The normalized spacial score (nSPS) is 11.5. The first kappa shape index (κ1) is 30.4. The molecule has 9 aromatic carbocycles. The van der Waals surface area contributed by atoms with Gasteiger partial charge in [0.15, 0.2) is 0 Å². The van der Waals surface area contributed by atoms with E-state index in [1.54, 1.807) is 0 Å². The van der Waals surface area contributed by atoms with Gasteiger partial charge in [-0.1, -0.05) is 146 Å². The molecule has 0 aliphatic rings. The molecule has 0 aliphatic heterocycles. The summed E-state index contributed by atoms with van der Waals surface area (Å²) in [6.45, 7) is 0. The summed E-state index contributed by atoms with van der Waals surface area (Å²) in [7, 11) is 0. The predicted octanol–water partition coefficient (Wildman–Crippen LogP) is 14.8. The molecule has 244 valence electrons. The van der Waals surface area contributed by atoms with Crippen molar-refractivity contribution in [2.24, 2.45) is 0 Å². The summed E-state index contributed by atoms with van der Waals surface area (Å²) in [6.07, 6.45) is 0. The molecule has 0 fully saturated rings. The summed E-state index contributed by atoms with van der Waals surface area (Å²) >= 11 is 1.86. The maximum Gasteiger partial charge on any atom is 0.0555 e. The molecule has 0 unspecified atom stereocenters. The number of rotatable bonds is 6. The second-order valence-electron chi connectivity index (χ2n) is 13.4. The van der Waals surface area contributed by atoms with E-state index in [4.69, 9.17) is 0 Å². The van der Waals surface area contributed by atoms with E-state index in [0.717, 1.165) is 11.4 Å². The summed E-state index contributed by atoms with van der Waals surface area (Å²) in [5.41, 5.74) is 10.7. The van der Waals surface area contributed by atoms with Gasteiger partial charge in [0.2, 0.25) is 0 Å². The van der Waals surface area contributed by atoms with Crippen molar-refractivity contribution in [2.45, 2.75) is 0 Å². The Hall–Kier alpha value is -6.48. The van der Waals surface area contributed by atoms with Crippen LogP contribution in [0.4, 0.5) is 17.1 Å². The van der Waals surface area contributed by atoms with Gasteiger partial charge in [-0.15, -0.1) is 11.3 Å². The fourth-order valence-corrected chi connectivity index (χ4v) is 8.81. The van der Waals surface area contributed by atoms with E-state index in [-0.39, 0.29) is 0 Å². The van der Waals surface area contributed by atoms with Crippen molar-refractivity contribution in [3.8, 4) is 33.4 Å². The first-order valence-corrected chi connectivity index (χ1v) is 18.6. The Kier molecular flexibility index (Phi) is 7.41. The van der Waals surface area contributed by atoms with Gasteiger partial charge in [0.1, 0.15) is 0 Å². The van der Waals surface area contributed by atoms with Gasteiger partial charge in [0.05, 0.1) is 11.4 Å². The highest BCUT2D eigenvalue weighted by Crippen LogP contribution is 2.47. The molecule has 0 N–H and O–H groups in total. The lowest BCUT2D eigenvalue weighted by molar-refractivity contribution is 1.30. The maximum atomic E-state index is 2.46. The Labute approximate surface area is 307 Å². The summed E-state index contributed by atoms with van der Waals surface area (Å²) in [5.74, 6) is 0. The van der Waals surface area contributed by atoms with Crippen LogP contribution in [0.25, 0.3) is 75.1 Å². The number of benzene rings is 9. The van der Waals surface area contributed by atoms with E-state index in [0.29, 0.717) is 0 Å². The number of fused-ring (bicyclic) bond motifs is 5. The van der Waals surface area contributed by atoms with E-state index in [2.05, 4.69) is 205 Å². The van der Waals surface area contributed by atoms with Crippen LogP contribution >= 0.6 is 11.3 Å². The zero-order valence-corrected chi connectivity index (χ0v) is 29.2. The summed E-state index contributed by atoms with van der Waals surface area (Å²) < 4.78 is 2.59. The molecule has 0 aliphatic carbocycles. The van der Waals surface area contributed by atoms with Crippen molar-refractivity contribution in [1.82, 2.24) is 0 Å². The first-order chi connectivity index (χ1) is 25.8. The van der Waals surface area contributed by atoms with E-state index in [1.165, 1.54) is 80.8 Å². The Morgan fingerprint density at radius 3 is 1.65 bits per heavy atom. The number of anilines is 3. The number of hydrogen-bond donors (Lipinski definition) is 0. The molecule has 0 bridgehead atoms. The lowest BCUT2D eigenvalue weighted by Gasteiger charge is -2.29. The SMILES string of the molecule is c1ccc(-c2ccccc2N(c2cccc(-c3ccc4cc(-c5ccc6ccccc6c5)ccc4c3)c2)c2cccc3sc4ccccc4c23)cc1. The van der Waals surface area contributed by atoms with Crippen molar-refractivity contribution in [1.29, 1.82) is 0 Å². The summed E-state index contributed by atoms with van der Waals surface area (Å²) in [5, 5.41) is 7.56. The van der Waals surface area contributed by atoms with Crippen molar-refractivity contribution in [2.75, 3.05) is 4.90 Å². The third-order valence-electron chi connectivity index (χ3n) is 10.2. The van der Waals surface area contributed by atoms with Gasteiger partial charge < -0.3 is 4.90 Å². The average Bonchev–Trinajstić information content (AvgIpc) is 3.61. The molecule has 0 saturated heterocycles. The standard InChI is InChI=1S/C50H33NS/c1-2-13-35(14-3-1)44-18-6-8-20-46(44)51(47-21-11-23-49-50(47)45-19-7-9-22-48(45)52-49)43-17-10-16-37(33-43)38-26-27-42-32-41(29-28-40(42)31-38)39-25-24-34-12-4-5-15-36(34)30-39/h1-33H. The number of hydrogen-bond acceptors (Lipinski definition) is 2. The zero-order valence-electron chi connectivity index (χ0n) is 28.4. The number of para-hydroxylation sites is 1. The number of thiophene rings is 1. The molecule has 0 amide bonds. The van der Waals surface area contributed by atoms with Gasteiger partial charge in [0.25, 0.3) is 0 Å². The van der Waals surface area contributed by atoms with Crippen LogP contribution in [0.1, 0.15) is 0 Å². The molecule has 1 heterocycles. The third kappa shape index (κ3) is 5.33. The Balaban J connectivity index is 1.11. The molecule has 0 radical (unpaired) electrons. The lowest BCUT2D eigenvalue weighted by Crippen LogP contribution is -2.11. The van der Waals surface area contributed by atoms with Crippen LogP contribution in [0.15, 0.2) is 200 Å². The minimum Gasteiger partial charge on any atom is -0.309 e. The highest BCUT2D eigenvalue weighted by atomic mass is 32.1. The molecule has 10 aromatic rings. The molecule has 0 atom stereocenters. The minimum absolute atomic E-state index is 1.12. The Morgan fingerprint density at radius 2 is 0.865 bits per heavy atom. The van der Waals surface area contributed by atoms with Gasteiger partial charge in [-0.05, 0) is 104 Å². The minimum atomic E-state index is 1.12. The van der Waals surface area contributed by atoms with Crippen LogP contribution in [-0.4, -0.2) is 0 Å². The highest BCUT2D eigenvalue weighted by molar-refractivity contribution is 7.26. The molecule has 0 saturated carbocycles. The lowest BCUT2D eigenvalue weighted by atomic mass is 9.96. The highest BCUT2D eigenvalue weighted by Gasteiger charge is 2.21. The quantitative estimate of drug-likeness (QED) is 0.169. The Bertz CT molecular complexity index is 2920. The van der Waals surface area contributed by atoms with Gasteiger partial charge in [-0.2, -0.15) is 0 Å². The molecular formula is C50H33NS. The van der Waals surface area contributed by atoms with Gasteiger partial charge >= 0.3 is 0 Å². The van der Waals surface area contributed by atoms with Crippen molar-refractivity contribution < 1.29 is 0 Å². The Morgan fingerprint density at radius 1 is 0.327 bits per heavy atom. The van der Waals surface area contributed by atoms with Crippen LogP contribution in [0, 0.1) is 0 Å². The van der Waals surface area contributed by atoms with Gasteiger partial charge in [-0.3, -0.25) is 0 Å². The van der Waals surface area contributed by atoms with E-state index >= 15 is 0 Å². The molecule has 1 aromatic heterocycles. The van der Waals surface area contributed by atoms with Crippen LogP contribution in [-0.2, 0) is 0 Å². The third-order valence-corrected chi connectivity index (χ3v) is 11.3. The molecule has 0 spiro atoms. The zero-order chi connectivity index (χ0) is 34.4. The number of nitrogens with zero attached hydrogens (tertiary/aromatic N) is 1. The molecule has 2 heteroatoms. The van der Waals surface area contributed by atoms with Crippen LogP contribution in [0.5, 0.6) is 0 Å². The van der Waals surface area contributed by atoms with E-state index < -0.39 is 0 Å². The molecular weight excluding hydrogens is 647 g/mol. The summed E-state index contributed by atoms with van der Waals surface area (Å²) in [6, 6.07) is 73.0. The summed E-state index contributed by atoms with van der Waals surface area (Å²) in [4.78, 5) is 2.46. The van der Waals surface area contributed by atoms with E-state index in [9.17, 15) is 0 Å². The molecule has 52 heavy (non-hydrogen) atoms. The molecule has 1 nitrogen and oxygen atoms in total.